The van der Waals surface area contributed by atoms with E-state index in [2.05, 4.69) is 48.7 Å². The zero-order chi connectivity index (χ0) is 12.1. The first-order valence-electron chi connectivity index (χ1n) is 6.64. The average molecular weight is 229 g/mol. The largest absolute Gasteiger partial charge is 0.294 e. The number of benzene rings is 1. The van der Waals surface area contributed by atoms with E-state index in [0.29, 0.717) is 5.54 Å². The van der Waals surface area contributed by atoms with E-state index in [1.807, 2.05) is 6.08 Å². The predicted octanol–water partition coefficient (Wildman–Crippen LogP) is 4.01. The molecule has 1 saturated heterocycles. The summed E-state index contributed by atoms with van der Waals surface area (Å²) in [7, 11) is 0. The molecule has 2 rings (SSSR count). The van der Waals surface area contributed by atoms with Gasteiger partial charge in [-0.2, -0.15) is 0 Å². The lowest BCUT2D eigenvalue weighted by Crippen LogP contribution is -2.40. The van der Waals surface area contributed by atoms with Crippen LogP contribution in [0.15, 0.2) is 43.0 Å². The summed E-state index contributed by atoms with van der Waals surface area (Å²) in [4.78, 5) is 2.64. The molecule has 0 radical (unpaired) electrons. The number of hydrogen-bond acceptors (Lipinski definition) is 1. The van der Waals surface area contributed by atoms with Gasteiger partial charge in [-0.25, -0.2) is 0 Å². The lowest BCUT2D eigenvalue weighted by Gasteiger charge is -2.35. The molecule has 1 aliphatic rings. The van der Waals surface area contributed by atoms with Crippen LogP contribution in [0.2, 0.25) is 0 Å². The molecule has 1 heteroatoms. The quantitative estimate of drug-likeness (QED) is 0.690. The summed E-state index contributed by atoms with van der Waals surface area (Å²) >= 11 is 0. The highest BCUT2D eigenvalue weighted by molar-refractivity contribution is 5.15. The molecule has 17 heavy (non-hydrogen) atoms. The molecule has 0 amide bonds. The summed E-state index contributed by atoms with van der Waals surface area (Å²) in [5.74, 6) is 0. The zero-order valence-corrected chi connectivity index (χ0v) is 10.9. The van der Waals surface area contributed by atoms with Gasteiger partial charge in [0, 0.05) is 12.1 Å². The molecule has 0 spiro atoms. The van der Waals surface area contributed by atoms with Gasteiger partial charge in [0.15, 0.2) is 0 Å². The van der Waals surface area contributed by atoms with Crippen LogP contribution in [0.4, 0.5) is 0 Å². The Morgan fingerprint density at radius 2 is 2.12 bits per heavy atom. The van der Waals surface area contributed by atoms with Gasteiger partial charge in [0.25, 0.3) is 0 Å². The Morgan fingerprint density at radius 3 is 2.82 bits per heavy atom. The summed E-state index contributed by atoms with van der Waals surface area (Å²) in [5.41, 5.74) is 1.81. The fourth-order valence-corrected chi connectivity index (χ4v) is 2.85. The minimum atomic E-state index is 0.379. The van der Waals surface area contributed by atoms with Crippen LogP contribution >= 0.6 is 0 Å². The third kappa shape index (κ3) is 2.98. The van der Waals surface area contributed by atoms with Crippen molar-refractivity contribution in [3.8, 4) is 0 Å². The third-order valence-corrected chi connectivity index (χ3v) is 4.01. The summed E-state index contributed by atoms with van der Waals surface area (Å²) in [5, 5.41) is 0. The third-order valence-electron chi connectivity index (χ3n) is 4.01. The van der Waals surface area contributed by atoms with Crippen LogP contribution in [-0.4, -0.2) is 17.0 Å². The fraction of sp³-hybridized carbons (Fsp3) is 0.500. The summed E-state index contributed by atoms with van der Waals surface area (Å²) in [6.45, 7) is 8.58. The molecule has 1 fully saturated rings. The molecule has 1 atom stereocenters. The zero-order valence-electron chi connectivity index (χ0n) is 10.9. The summed E-state index contributed by atoms with van der Waals surface area (Å²) < 4.78 is 0. The Hall–Kier alpha value is -1.08. The van der Waals surface area contributed by atoms with Crippen LogP contribution in [0.25, 0.3) is 0 Å². The number of allylic oxidation sites excluding steroid dienone is 1. The van der Waals surface area contributed by atoms with Crippen molar-refractivity contribution < 1.29 is 0 Å². The van der Waals surface area contributed by atoms with Gasteiger partial charge in [-0.15, -0.1) is 6.58 Å². The molecule has 1 aromatic rings. The second kappa shape index (κ2) is 5.50. The number of hydrogen-bond donors (Lipinski definition) is 0. The molecule has 0 aliphatic carbocycles. The van der Waals surface area contributed by atoms with Gasteiger partial charge in [0.05, 0.1) is 0 Å². The van der Waals surface area contributed by atoms with Crippen molar-refractivity contribution in [3.05, 3.63) is 48.6 Å². The second-order valence-corrected chi connectivity index (χ2v) is 5.33. The van der Waals surface area contributed by atoms with E-state index < -0.39 is 0 Å². The van der Waals surface area contributed by atoms with Crippen molar-refractivity contribution in [2.75, 3.05) is 6.54 Å². The summed E-state index contributed by atoms with van der Waals surface area (Å²) in [6, 6.07) is 10.8. The molecular formula is C16H23N. The van der Waals surface area contributed by atoms with E-state index >= 15 is 0 Å². The maximum Gasteiger partial charge on any atom is 0.0239 e. The molecule has 0 bridgehead atoms. The number of likely N-dealkylation sites (tertiary alicyclic amines) is 1. The summed E-state index contributed by atoms with van der Waals surface area (Å²) in [6.07, 6.45) is 7.07. The molecular weight excluding hydrogens is 206 g/mol. The normalized spacial score (nSPS) is 25.0. The lowest BCUT2D eigenvalue weighted by atomic mass is 9.92. The van der Waals surface area contributed by atoms with Gasteiger partial charge in [0.2, 0.25) is 0 Å². The monoisotopic (exact) mass is 229 g/mol. The average Bonchev–Trinajstić information content (AvgIpc) is 2.70. The van der Waals surface area contributed by atoms with Crippen LogP contribution in [0.5, 0.6) is 0 Å². The minimum absolute atomic E-state index is 0.379. The predicted molar refractivity (Wildman–Crippen MR) is 73.9 cm³/mol. The Kier molecular flexibility index (Phi) is 4.01. The van der Waals surface area contributed by atoms with Gasteiger partial charge in [0.1, 0.15) is 0 Å². The van der Waals surface area contributed by atoms with E-state index in [9.17, 15) is 0 Å². The second-order valence-electron chi connectivity index (χ2n) is 5.33. The smallest absolute Gasteiger partial charge is 0.0239 e. The highest BCUT2D eigenvalue weighted by atomic mass is 15.2. The van der Waals surface area contributed by atoms with Crippen molar-refractivity contribution in [2.24, 2.45) is 0 Å². The van der Waals surface area contributed by atoms with E-state index in [0.717, 1.165) is 13.0 Å². The van der Waals surface area contributed by atoms with Gasteiger partial charge in [-0.1, -0.05) is 36.4 Å². The fourth-order valence-electron chi connectivity index (χ4n) is 2.85. The first kappa shape index (κ1) is 12.4. The van der Waals surface area contributed by atoms with Crippen molar-refractivity contribution in [1.82, 2.24) is 4.90 Å². The Balaban J connectivity index is 2.02. The maximum atomic E-state index is 3.84. The molecule has 1 heterocycles. The Morgan fingerprint density at radius 1 is 1.35 bits per heavy atom. The molecule has 0 aromatic heterocycles. The Bertz CT molecular complexity index is 357. The van der Waals surface area contributed by atoms with E-state index in [-0.39, 0.29) is 0 Å². The lowest BCUT2D eigenvalue weighted by molar-refractivity contribution is 0.138. The van der Waals surface area contributed by atoms with Crippen molar-refractivity contribution in [3.63, 3.8) is 0 Å². The van der Waals surface area contributed by atoms with E-state index in [1.54, 1.807) is 0 Å². The van der Waals surface area contributed by atoms with Crippen molar-refractivity contribution in [2.45, 2.75) is 44.7 Å². The van der Waals surface area contributed by atoms with Crippen molar-refractivity contribution >= 4 is 0 Å². The van der Waals surface area contributed by atoms with Gasteiger partial charge in [-0.3, -0.25) is 4.90 Å². The van der Waals surface area contributed by atoms with Crippen LogP contribution < -0.4 is 0 Å². The highest BCUT2D eigenvalue weighted by Crippen LogP contribution is 2.34. The van der Waals surface area contributed by atoms with Gasteiger partial charge in [-0.05, 0) is 44.7 Å². The Labute approximate surface area is 105 Å². The van der Waals surface area contributed by atoms with Crippen LogP contribution in [0.1, 0.15) is 38.2 Å². The van der Waals surface area contributed by atoms with Crippen molar-refractivity contribution in [1.29, 1.82) is 0 Å². The molecule has 92 valence electrons. The topological polar surface area (TPSA) is 3.24 Å². The first-order chi connectivity index (χ1) is 8.24. The molecule has 1 aliphatic heterocycles. The SMILES string of the molecule is C=CCCC1(C)CCCN1Cc1ccccc1. The van der Waals surface area contributed by atoms with Crippen LogP contribution in [0, 0.1) is 0 Å². The molecule has 0 N–H and O–H groups in total. The number of rotatable bonds is 5. The first-order valence-corrected chi connectivity index (χ1v) is 6.64. The molecule has 1 aromatic carbocycles. The standard InChI is InChI=1S/C16H23N/c1-3-4-11-16(2)12-8-13-17(16)14-15-9-6-5-7-10-15/h3,5-7,9-10H,1,4,8,11-14H2,2H3. The molecule has 1 nitrogen and oxygen atoms in total. The van der Waals surface area contributed by atoms with Gasteiger partial charge < -0.3 is 0 Å². The van der Waals surface area contributed by atoms with E-state index in [1.165, 1.54) is 31.4 Å². The molecule has 0 saturated carbocycles. The van der Waals surface area contributed by atoms with Crippen LogP contribution in [-0.2, 0) is 6.54 Å². The van der Waals surface area contributed by atoms with Crippen LogP contribution in [0.3, 0.4) is 0 Å². The molecule has 1 unspecified atom stereocenters. The minimum Gasteiger partial charge on any atom is -0.294 e. The van der Waals surface area contributed by atoms with Gasteiger partial charge >= 0.3 is 0 Å². The maximum absolute atomic E-state index is 3.84. The highest BCUT2D eigenvalue weighted by Gasteiger charge is 2.35. The number of nitrogens with zero attached hydrogens (tertiary/aromatic N) is 1. The van der Waals surface area contributed by atoms with E-state index in [4.69, 9.17) is 0 Å².